The molecule has 0 heterocycles. The Morgan fingerprint density at radius 1 is 0.417 bits per heavy atom. The average molecular weight is 946 g/mol. The lowest BCUT2D eigenvalue weighted by atomic mass is 9.78. The monoisotopic (exact) mass is 945 g/mol. The second-order valence-corrected chi connectivity index (χ2v) is 18.4. The molecule has 0 N–H and O–H groups in total. The van der Waals surface area contributed by atoms with Crippen molar-refractivity contribution in [3.05, 3.63) is 243 Å². The number of benzene rings is 8. The number of ketones is 1. The van der Waals surface area contributed by atoms with Crippen LogP contribution in [-0.2, 0) is 10.8 Å². The highest BCUT2D eigenvalue weighted by Gasteiger charge is 2.23. The van der Waals surface area contributed by atoms with E-state index >= 15 is 0 Å². The van der Waals surface area contributed by atoms with E-state index in [0.717, 1.165) is 17.2 Å². The molecule has 8 nitrogen and oxygen atoms in total. The lowest BCUT2D eigenvalue weighted by molar-refractivity contribution is 0.103. The fourth-order valence-corrected chi connectivity index (χ4v) is 7.28. The van der Waals surface area contributed by atoms with Gasteiger partial charge in [0.15, 0.2) is 5.78 Å². The van der Waals surface area contributed by atoms with Gasteiger partial charge in [0, 0.05) is 22.1 Å². The van der Waals surface area contributed by atoms with Crippen molar-refractivity contribution in [2.24, 2.45) is 0 Å². The van der Waals surface area contributed by atoms with Crippen LogP contribution in [0, 0.1) is 60.2 Å². The summed E-state index contributed by atoms with van der Waals surface area (Å²) in [5, 5.41) is 27.1. The first-order valence-corrected chi connectivity index (χ1v) is 23.2. The topological polar surface area (TPSA) is 125 Å². The van der Waals surface area contributed by atoms with Crippen molar-refractivity contribution >= 4 is 5.78 Å². The molecule has 0 radical (unpaired) electrons. The molecule has 0 bridgehead atoms. The van der Waals surface area contributed by atoms with Crippen LogP contribution >= 0.6 is 0 Å². The van der Waals surface area contributed by atoms with Gasteiger partial charge in [0.1, 0.15) is 58.5 Å². The number of methoxy groups -OCH3 is 1. The highest BCUT2D eigenvalue weighted by atomic mass is 16.5. The third-order valence-electron chi connectivity index (χ3n) is 11.8. The lowest BCUT2D eigenvalue weighted by Crippen LogP contribution is -2.18. The van der Waals surface area contributed by atoms with Gasteiger partial charge in [-0.05, 0) is 157 Å². The Bertz CT molecular complexity index is 3290. The molecule has 0 aliphatic carbocycles. The molecule has 8 heteroatoms. The molecule has 0 amide bonds. The molecule has 0 fully saturated rings. The van der Waals surface area contributed by atoms with Gasteiger partial charge in [-0.15, -0.1) is 6.42 Å². The summed E-state index contributed by atoms with van der Waals surface area (Å²) in [7, 11) is 1.60. The third kappa shape index (κ3) is 13.9. The minimum absolute atomic E-state index is 0.0282. The number of hydrogen-bond acceptors (Lipinski definition) is 8. The molecule has 72 heavy (non-hydrogen) atoms. The number of carbonyl (C=O) groups is 1. The summed E-state index contributed by atoms with van der Waals surface area (Å²) in [6.45, 7) is 15.0. The van der Waals surface area contributed by atoms with E-state index in [1.54, 1.807) is 92.0 Å². The summed E-state index contributed by atoms with van der Waals surface area (Å²) < 4.78 is 22.5. The van der Waals surface area contributed by atoms with Gasteiger partial charge in [0.2, 0.25) is 0 Å². The van der Waals surface area contributed by atoms with Gasteiger partial charge < -0.3 is 18.9 Å². The fourth-order valence-electron chi connectivity index (χ4n) is 7.28. The molecule has 0 aliphatic rings. The number of hydrogen-bond donors (Lipinski definition) is 0. The molecule has 8 aromatic carbocycles. The van der Waals surface area contributed by atoms with Crippen molar-refractivity contribution in [3.63, 3.8) is 0 Å². The summed E-state index contributed by atoms with van der Waals surface area (Å²) in [5.74, 6) is 7.24. The molecule has 356 valence electrons. The second-order valence-electron chi connectivity index (χ2n) is 18.4. The van der Waals surface area contributed by atoms with Gasteiger partial charge in [0.05, 0.1) is 23.8 Å². The molecule has 0 atom stereocenters. The smallest absolute Gasteiger partial charge is 0.193 e. The Morgan fingerprint density at radius 2 is 0.736 bits per heavy atom. The predicted molar refractivity (Wildman–Crippen MR) is 284 cm³/mol. The molecule has 0 aromatic heterocycles. The number of aryl methyl sites for hydroxylation is 2. The average Bonchev–Trinajstić information content (AvgIpc) is 3.40. The zero-order valence-corrected chi connectivity index (χ0v) is 41.8. The number of carbonyl (C=O) groups excluding carboxylic acids is 1. The highest BCUT2D eigenvalue weighted by Crippen LogP contribution is 2.34. The number of nitrogens with zero attached hydrogens (tertiary/aromatic N) is 3. The number of ether oxygens (including phenoxy) is 4. The van der Waals surface area contributed by atoms with Crippen LogP contribution in [0.1, 0.15) is 101 Å². The van der Waals surface area contributed by atoms with Gasteiger partial charge >= 0.3 is 0 Å². The van der Waals surface area contributed by atoms with Gasteiger partial charge in [-0.2, -0.15) is 15.8 Å². The van der Waals surface area contributed by atoms with Crippen molar-refractivity contribution in [1.82, 2.24) is 0 Å². The molecule has 8 aromatic rings. The van der Waals surface area contributed by atoms with Crippen LogP contribution in [0.25, 0.3) is 0 Å². The maximum Gasteiger partial charge on any atom is 0.193 e. The van der Waals surface area contributed by atoms with Crippen LogP contribution in [0.15, 0.2) is 182 Å². The molecule has 8 rings (SSSR count). The SMILES string of the molecule is C#Cc1ccc(Oc2ccc(C(C)(C)c3ccc(C)cc3)cc2)cc1C#N.CC(C)(C)c1ccc(Oc2ccc(C#N)c(C#N)c2)cc1.COc1ccc(C(=O)c2ccc(Oc3ccc(C)cc3)cc2)cc1. The van der Waals surface area contributed by atoms with Crippen LogP contribution in [-0.4, -0.2) is 12.9 Å². The van der Waals surface area contributed by atoms with Gasteiger partial charge in [-0.25, -0.2) is 0 Å². The first-order chi connectivity index (χ1) is 34.5. The molecule has 0 saturated carbocycles. The standard InChI is InChI=1S/C25H21NO.C21H18O3.C18H16N2O/c1-5-19-8-13-24(16-20(19)17-26)27-23-14-11-22(12-15-23)25(3,4)21-9-6-18(2)7-10-21;1-15-3-9-19(10-4-15)24-20-13-7-17(8-14-20)21(22)16-5-11-18(23-2)12-6-16;1-18(2,3)15-5-8-16(9-6-15)21-17-7-4-13(11-19)14(10-17)12-20/h1,6-16H,2-4H3;3-14H,1-2H3;4-10H,1-3H3. The zero-order chi connectivity index (χ0) is 51.8. The molecule has 0 saturated heterocycles. The Kier molecular flexibility index (Phi) is 17.2. The first-order valence-electron chi connectivity index (χ1n) is 23.2. The van der Waals surface area contributed by atoms with Crippen molar-refractivity contribution in [3.8, 4) is 70.8 Å². The van der Waals surface area contributed by atoms with E-state index < -0.39 is 0 Å². The van der Waals surface area contributed by atoms with Crippen LogP contribution in [0.5, 0.6) is 40.2 Å². The fraction of sp³-hybridized carbons (Fsp3) is 0.156. The van der Waals surface area contributed by atoms with E-state index in [2.05, 4.69) is 89.9 Å². The zero-order valence-electron chi connectivity index (χ0n) is 41.8. The molecule has 0 aliphatic heterocycles. The maximum atomic E-state index is 12.5. The van der Waals surface area contributed by atoms with Gasteiger partial charge in [-0.1, -0.05) is 112 Å². The largest absolute Gasteiger partial charge is 0.497 e. The van der Waals surface area contributed by atoms with Crippen molar-refractivity contribution in [1.29, 1.82) is 15.8 Å². The third-order valence-corrected chi connectivity index (χ3v) is 11.8. The van der Waals surface area contributed by atoms with Crippen LogP contribution in [0.4, 0.5) is 0 Å². The molecular weight excluding hydrogens is 891 g/mol. The first kappa shape index (κ1) is 52.0. The van der Waals surface area contributed by atoms with Crippen LogP contribution in [0.3, 0.4) is 0 Å². The molecule has 0 unspecified atom stereocenters. The Morgan fingerprint density at radius 3 is 1.14 bits per heavy atom. The minimum Gasteiger partial charge on any atom is -0.497 e. The van der Waals surface area contributed by atoms with Crippen LogP contribution < -0.4 is 18.9 Å². The molecule has 0 spiro atoms. The van der Waals surface area contributed by atoms with Gasteiger partial charge in [0.25, 0.3) is 0 Å². The van der Waals surface area contributed by atoms with Crippen molar-refractivity contribution < 1.29 is 23.7 Å². The quantitative estimate of drug-likeness (QED) is 0.0927. The molecular formula is C64H55N3O5. The van der Waals surface area contributed by atoms with Gasteiger partial charge in [-0.3, -0.25) is 4.79 Å². The highest BCUT2D eigenvalue weighted by molar-refractivity contribution is 6.09. The van der Waals surface area contributed by atoms with E-state index in [1.807, 2.05) is 79.7 Å². The number of nitriles is 3. The summed E-state index contributed by atoms with van der Waals surface area (Å²) in [6, 6.07) is 62.8. The Labute approximate surface area is 423 Å². The summed E-state index contributed by atoms with van der Waals surface area (Å²) in [4.78, 5) is 12.5. The second kappa shape index (κ2) is 23.8. The van der Waals surface area contributed by atoms with E-state index in [4.69, 9.17) is 35.9 Å². The lowest BCUT2D eigenvalue weighted by Gasteiger charge is -2.26. The maximum absolute atomic E-state index is 12.5. The minimum atomic E-state index is -0.103. The van der Waals surface area contributed by atoms with E-state index in [-0.39, 0.29) is 16.6 Å². The number of terminal acetylenes is 1. The normalized spacial score (nSPS) is 10.5. The van der Waals surface area contributed by atoms with E-state index in [0.29, 0.717) is 56.4 Å². The van der Waals surface area contributed by atoms with E-state index in [1.165, 1.54) is 27.8 Å². The van der Waals surface area contributed by atoms with Crippen molar-refractivity contribution in [2.75, 3.05) is 7.11 Å². The van der Waals surface area contributed by atoms with E-state index in [9.17, 15) is 10.1 Å². The summed E-state index contributed by atoms with van der Waals surface area (Å²) in [5.41, 5.74) is 9.07. The Balaban J connectivity index is 0.000000178. The van der Waals surface area contributed by atoms with Crippen molar-refractivity contribution in [2.45, 2.75) is 59.3 Å². The Hall–Kier alpha value is -9.34. The van der Waals surface area contributed by atoms with Crippen LogP contribution in [0.2, 0.25) is 0 Å². The summed E-state index contributed by atoms with van der Waals surface area (Å²) >= 11 is 0. The number of rotatable bonds is 11. The summed E-state index contributed by atoms with van der Waals surface area (Å²) in [6.07, 6.45) is 5.40. The predicted octanol–water partition coefficient (Wildman–Crippen LogP) is 15.5.